The molecule has 1 fully saturated rings. The number of nitrogens with zero attached hydrogens (tertiary/aromatic N) is 3. The van der Waals surface area contributed by atoms with Gasteiger partial charge in [-0.2, -0.15) is 5.10 Å². The minimum atomic E-state index is -0.955. The number of aromatic nitrogens is 2. The van der Waals surface area contributed by atoms with Crippen LogP contribution in [0.1, 0.15) is 29.8 Å². The predicted octanol–water partition coefficient (Wildman–Crippen LogP) is 2.51. The molecular formula is C18H22ClN3O3. The molecule has 2 aromatic rings. The highest BCUT2D eigenvalue weighted by atomic mass is 35.5. The van der Waals surface area contributed by atoms with Crippen LogP contribution in [0.3, 0.4) is 0 Å². The Morgan fingerprint density at radius 1 is 1.36 bits per heavy atom. The van der Waals surface area contributed by atoms with Crippen LogP contribution in [0.2, 0.25) is 5.02 Å². The minimum Gasteiger partial charge on any atom is -0.491 e. The molecule has 1 atom stereocenters. The Kier molecular flexibility index (Phi) is 5.30. The van der Waals surface area contributed by atoms with E-state index < -0.39 is 5.60 Å². The maximum absolute atomic E-state index is 12.6. The summed E-state index contributed by atoms with van der Waals surface area (Å²) < 4.78 is 7.29. The number of halogens is 1. The zero-order valence-electron chi connectivity index (χ0n) is 14.2. The van der Waals surface area contributed by atoms with Gasteiger partial charge in [-0.15, -0.1) is 0 Å². The number of hydrogen-bond acceptors (Lipinski definition) is 4. The Morgan fingerprint density at radius 3 is 2.92 bits per heavy atom. The van der Waals surface area contributed by atoms with Gasteiger partial charge in [-0.3, -0.25) is 9.48 Å². The van der Waals surface area contributed by atoms with E-state index in [0.29, 0.717) is 42.4 Å². The number of aliphatic hydroxyl groups is 1. The van der Waals surface area contributed by atoms with E-state index >= 15 is 0 Å². The average molecular weight is 364 g/mol. The fourth-order valence-corrected chi connectivity index (χ4v) is 3.23. The zero-order chi connectivity index (χ0) is 17.9. The summed E-state index contributed by atoms with van der Waals surface area (Å²) in [7, 11) is 1.75. The molecular weight excluding hydrogens is 342 g/mol. The van der Waals surface area contributed by atoms with Crippen LogP contribution in [0, 0.1) is 0 Å². The summed E-state index contributed by atoms with van der Waals surface area (Å²) in [5.41, 5.74) is -0.398. The van der Waals surface area contributed by atoms with Crippen molar-refractivity contribution < 1.29 is 14.6 Å². The van der Waals surface area contributed by atoms with E-state index in [0.717, 1.165) is 6.42 Å². The first kappa shape index (κ1) is 17.8. The molecule has 0 radical (unpaired) electrons. The van der Waals surface area contributed by atoms with E-state index in [4.69, 9.17) is 16.3 Å². The molecule has 0 aliphatic carbocycles. The molecule has 1 unspecified atom stereocenters. The summed E-state index contributed by atoms with van der Waals surface area (Å²) >= 11 is 5.95. The quantitative estimate of drug-likeness (QED) is 0.906. The lowest BCUT2D eigenvalue weighted by Gasteiger charge is -2.27. The van der Waals surface area contributed by atoms with Crippen molar-refractivity contribution in [2.75, 3.05) is 19.7 Å². The number of carbonyl (C=O) groups excluding carboxylic acids is 1. The number of hydrogen-bond donors (Lipinski definition) is 1. The van der Waals surface area contributed by atoms with Gasteiger partial charge < -0.3 is 14.7 Å². The van der Waals surface area contributed by atoms with E-state index in [-0.39, 0.29) is 12.5 Å². The predicted molar refractivity (Wildman–Crippen MR) is 94.9 cm³/mol. The van der Waals surface area contributed by atoms with Gasteiger partial charge in [0.05, 0.1) is 0 Å². The fraction of sp³-hybridized carbons (Fsp3) is 0.444. The van der Waals surface area contributed by atoms with Crippen LogP contribution in [0.15, 0.2) is 36.5 Å². The van der Waals surface area contributed by atoms with Gasteiger partial charge in [0.25, 0.3) is 5.91 Å². The number of rotatable bonds is 4. The number of aryl methyl sites for hydroxylation is 1. The first-order valence-electron chi connectivity index (χ1n) is 8.35. The fourth-order valence-electron chi connectivity index (χ4n) is 3.05. The van der Waals surface area contributed by atoms with Crippen molar-refractivity contribution in [1.29, 1.82) is 0 Å². The molecule has 1 aliphatic rings. The smallest absolute Gasteiger partial charge is 0.272 e. The third-order valence-electron chi connectivity index (χ3n) is 4.55. The van der Waals surface area contributed by atoms with Gasteiger partial charge >= 0.3 is 0 Å². The molecule has 1 saturated heterocycles. The molecule has 0 spiro atoms. The van der Waals surface area contributed by atoms with Crippen molar-refractivity contribution in [3.8, 4) is 5.75 Å². The van der Waals surface area contributed by atoms with Crippen LogP contribution in [-0.4, -0.2) is 51.0 Å². The van der Waals surface area contributed by atoms with Crippen molar-refractivity contribution >= 4 is 17.5 Å². The van der Waals surface area contributed by atoms with Crippen molar-refractivity contribution in [3.05, 3.63) is 47.2 Å². The van der Waals surface area contributed by atoms with E-state index in [2.05, 4.69) is 5.10 Å². The van der Waals surface area contributed by atoms with Gasteiger partial charge in [-0.25, -0.2) is 0 Å². The molecule has 1 aromatic carbocycles. The standard InChI is InChI=1S/C18H22ClN3O3/c1-21-16(6-9-20-21)17(23)22-10-3-7-18(24,8-11-22)13-25-15-5-2-4-14(19)12-15/h2,4-6,9,12,24H,3,7-8,10-11,13H2,1H3. The normalized spacial score (nSPS) is 21.0. The van der Waals surface area contributed by atoms with Crippen molar-refractivity contribution in [3.63, 3.8) is 0 Å². The highest BCUT2D eigenvalue weighted by Crippen LogP contribution is 2.25. The van der Waals surface area contributed by atoms with E-state index in [1.165, 1.54) is 0 Å². The average Bonchev–Trinajstić information content (AvgIpc) is 2.91. The maximum atomic E-state index is 12.6. The Hall–Kier alpha value is -2.05. The van der Waals surface area contributed by atoms with Crippen LogP contribution in [-0.2, 0) is 7.05 Å². The molecule has 7 heteroatoms. The lowest BCUT2D eigenvalue weighted by molar-refractivity contribution is -0.0163. The van der Waals surface area contributed by atoms with Crippen LogP contribution < -0.4 is 4.74 Å². The highest BCUT2D eigenvalue weighted by molar-refractivity contribution is 6.30. The first-order chi connectivity index (χ1) is 12.0. The third kappa shape index (κ3) is 4.32. The zero-order valence-corrected chi connectivity index (χ0v) is 14.9. The van der Waals surface area contributed by atoms with Gasteiger partial charge in [0.1, 0.15) is 23.7 Å². The highest BCUT2D eigenvalue weighted by Gasteiger charge is 2.33. The monoisotopic (exact) mass is 363 g/mol. The lowest BCUT2D eigenvalue weighted by atomic mass is 9.96. The summed E-state index contributed by atoms with van der Waals surface area (Å²) in [5, 5.41) is 15.5. The summed E-state index contributed by atoms with van der Waals surface area (Å²) in [4.78, 5) is 14.4. The minimum absolute atomic E-state index is 0.0555. The Bertz CT molecular complexity index is 749. The van der Waals surface area contributed by atoms with E-state index in [9.17, 15) is 9.90 Å². The molecule has 1 N–H and O–H groups in total. The summed E-state index contributed by atoms with van der Waals surface area (Å²) in [6.45, 7) is 1.28. The maximum Gasteiger partial charge on any atom is 0.272 e. The second kappa shape index (κ2) is 7.45. The van der Waals surface area contributed by atoms with Crippen LogP contribution in [0.5, 0.6) is 5.75 Å². The largest absolute Gasteiger partial charge is 0.491 e. The van der Waals surface area contributed by atoms with Gasteiger partial charge in [0.15, 0.2) is 0 Å². The summed E-state index contributed by atoms with van der Waals surface area (Å²) in [5.74, 6) is 0.577. The second-order valence-corrected chi connectivity index (χ2v) is 6.89. The molecule has 1 amide bonds. The molecule has 2 heterocycles. The summed E-state index contributed by atoms with van der Waals surface area (Å²) in [6, 6.07) is 8.82. The van der Waals surface area contributed by atoms with Crippen LogP contribution >= 0.6 is 11.6 Å². The lowest BCUT2D eigenvalue weighted by Crippen LogP contribution is -2.38. The van der Waals surface area contributed by atoms with Crippen LogP contribution in [0.25, 0.3) is 0 Å². The molecule has 25 heavy (non-hydrogen) atoms. The third-order valence-corrected chi connectivity index (χ3v) is 4.78. The number of likely N-dealkylation sites (tertiary alicyclic amines) is 1. The van der Waals surface area contributed by atoms with Gasteiger partial charge in [0.2, 0.25) is 0 Å². The molecule has 0 saturated carbocycles. The SMILES string of the molecule is Cn1nccc1C(=O)N1CCCC(O)(COc2cccc(Cl)c2)CC1. The number of carbonyl (C=O) groups is 1. The number of ether oxygens (including phenoxy) is 1. The molecule has 1 aromatic heterocycles. The Morgan fingerprint density at radius 2 is 2.20 bits per heavy atom. The molecule has 6 nitrogen and oxygen atoms in total. The van der Waals surface area contributed by atoms with Crippen molar-refractivity contribution in [2.45, 2.75) is 24.9 Å². The van der Waals surface area contributed by atoms with Gasteiger partial charge in [0, 0.05) is 31.4 Å². The topological polar surface area (TPSA) is 67.6 Å². The Balaban J connectivity index is 1.60. The number of amides is 1. The van der Waals surface area contributed by atoms with Crippen molar-refractivity contribution in [2.24, 2.45) is 7.05 Å². The van der Waals surface area contributed by atoms with Gasteiger partial charge in [-0.05, 0) is 43.5 Å². The van der Waals surface area contributed by atoms with Gasteiger partial charge in [-0.1, -0.05) is 17.7 Å². The van der Waals surface area contributed by atoms with Crippen LogP contribution in [0.4, 0.5) is 0 Å². The first-order valence-corrected chi connectivity index (χ1v) is 8.73. The second-order valence-electron chi connectivity index (χ2n) is 6.46. The van der Waals surface area contributed by atoms with E-state index in [1.54, 1.807) is 41.0 Å². The molecule has 134 valence electrons. The summed E-state index contributed by atoms with van der Waals surface area (Å²) in [6.07, 6.45) is 3.39. The molecule has 0 bridgehead atoms. The molecule has 1 aliphatic heterocycles. The Labute approximate surface area is 152 Å². The molecule has 3 rings (SSSR count). The van der Waals surface area contributed by atoms with E-state index in [1.807, 2.05) is 12.1 Å². The van der Waals surface area contributed by atoms with Crippen molar-refractivity contribution in [1.82, 2.24) is 14.7 Å². The number of benzene rings is 1.